The maximum absolute atomic E-state index is 12.2. The van der Waals surface area contributed by atoms with E-state index in [1.807, 2.05) is 24.3 Å². The van der Waals surface area contributed by atoms with E-state index < -0.39 is 0 Å². The molecule has 3 rings (SSSR count). The number of nitrogens with zero attached hydrogens (tertiary/aromatic N) is 1. The number of methoxy groups -OCH3 is 1. The first kappa shape index (κ1) is 19.5. The molecule has 0 atom stereocenters. The second-order valence-electron chi connectivity index (χ2n) is 5.64. The lowest BCUT2D eigenvalue weighted by Gasteiger charge is -2.08. The molecule has 2 aromatic carbocycles. The lowest BCUT2D eigenvalue weighted by Crippen LogP contribution is -2.12. The minimum Gasteiger partial charge on any atom is -0.497 e. The molecule has 8 heteroatoms. The molecule has 5 nitrogen and oxygen atoms in total. The number of hydrogen-bond acceptors (Lipinski definition) is 4. The summed E-state index contributed by atoms with van der Waals surface area (Å²) >= 11 is 17.9. The summed E-state index contributed by atoms with van der Waals surface area (Å²) in [7, 11) is 1.60. The molecule has 3 aromatic rings. The number of amides is 1. The Morgan fingerprint density at radius 3 is 2.70 bits per heavy atom. The highest BCUT2D eigenvalue weighted by Crippen LogP contribution is 2.32. The van der Waals surface area contributed by atoms with Gasteiger partial charge in [-0.3, -0.25) is 4.79 Å². The van der Waals surface area contributed by atoms with E-state index in [9.17, 15) is 4.79 Å². The maximum Gasteiger partial charge on any atom is 0.224 e. The topological polar surface area (TPSA) is 64.4 Å². The minimum atomic E-state index is -0.239. The van der Waals surface area contributed by atoms with Crippen molar-refractivity contribution >= 4 is 46.4 Å². The summed E-state index contributed by atoms with van der Waals surface area (Å²) in [5.41, 5.74) is 1.25. The van der Waals surface area contributed by atoms with E-state index in [-0.39, 0.29) is 12.3 Å². The molecule has 0 bridgehead atoms. The third-order valence-electron chi connectivity index (χ3n) is 3.76. The first-order valence-electron chi connectivity index (χ1n) is 8.00. The van der Waals surface area contributed by atoms with Crippen LogP contribution in [0.4, 0.5) is 5.69 Å². The number of ether oxygens (including phenoxy) is 1. The van der Waals surface area contributed by atoms with Gasteiger partial charge in [0.25, 0.3) is 0 Å². The van der Waals surface area contributed by atoms with Crippen LogP contribution in [0.25, 0.3) is 11.3 Å². The number of hydrogen-bond donors (Lipinski definition) is 1. The second-order valence-corrected chi connectivity index (χ2v) is 6.87. The van der Waals surface area contributed by atoms with Gasteiger partial charge < -0.3 is 14.5 Å². The van der Waals surface area contributed by atoms with Gasteiger partial charge in [-0.05, 0) is 24.3 Å². The Labute approximate surface area is 171 Å². The highest BCUT2D eigenvalue weighted by atomic mass is 35.5. The number of halogens is 3. The molecule has 1 heterocycles. The van der Waals surface area contributed by atoms with Gasteiger partial charge in [0.05, 0.1) is 34.1 Å². The van der Waals surface area contributed by atoms with Crippen molar-refractivity contribution in [1.29, 1.82) is 0 Å². The Bertz CT molecular complexity index is 973. The predicted octanol–water partition coefficient (Wildman–Crippen LogP) is 5.88. The van der Waals surface area contributed by atoms with Crippen LogP contribution < -0.4 is 10.1 Å². The van der Waals surface area contributed by atoms with E-state index in [2.05, 4.69) is 10.3 Å². The van der Waals surface area contributed by atoms with E-state index in [1.54, 1.807) is 13.3 Å². The molecule has 0 spiro atoms. The zero-order chi connectivity index (χ0) is 19.4. The van der Waals surface area contributed by atoms with Crippen LogP contribution in [0.2, 0.25) is 15.1 Å². The lowest BCUT2D eigenvalue weighted by atomic mass is 10.2. The molecule has 0 aliphatic rings. The number of nitrogens with one attached hydrogen (secondary N) is 1. The number of carbonyl (C=O) groups excluding carboxylic acids is 1. The van der Waals surface area contributed by atoms with Crippen molar-refractivity contribution in [1.82, 2.24) is 4.98 Å². The van der Waals surface area contributed by atoms with E-state index in [4.69, 9.17) is 44.0 Å². The van der Waals surface area contributed by atoms with E-state index in [0.29, 0.717) is 38.8 Å². The summed E-state index contributed by atoms with van der Waals surface area (Å²) in [5, 5.41) is 3.65. The van der Waals surface area contributed by atoms with Crippen molar-refractivity contribution in [3.63, 3.8) is 0 Å². The molecule has 0 fully saturated rings. The van der Waals surface area contributed by atoms with Gasteiger partial charge in [0.1, 0.15) is 5.75 Å². The Morgan fingerprint density at radius 2 is 1.93 bits per heavy atom. The van der Waals surface area contributed by atoms with Crippen LogP contribution in [0.5, 0.6) is 5.75 Å². The van der Waals surface area contributed by atoms with E-state index in [0.717, 1.165) is 11.3 Å². The SMILES string of the molecule is COc1cccc(-c2cnc(CCC(=O)Nc3cc(Cl)c(Cl)cc3Cl)o2)c1. The molecule has 27 heavy (non-hydrogen) atoms. The van der Waals surface area contributed by atoms with Gasteiger partial charge in [0.2, 0.25) is 5.91 Å². The molecule has 0 aliphatic carbocycles. The molecule has 140 valence electrons. The van der Waals surface area contributed by atoms with Gasteiger partial charge in [-0.1, -0.05) is 46.9 Å². The standard InChI is InChI=1S/C19H15Cl3N2O3/c1-26-12-4-2-3-11(7-12)17-10-23-19(27-17)6-5-18(25)24-16-9-14(21)13(20)8-15(16)22/h2-4,7-10H,5-6H2,1H3,(H,24,25). The van der Waals surface area contributed by atoms with Crippen LogP contribution in [0.15, 0.2) is 47.0 Å². The number of anilines is 1. The van der Waals surface area contributed by atoms with Crippen molar-refractivity contribution in [2.24, 2.45) is 0 Å². The summed E-state index contributed by atoms with van der Waals surface area (Å²) in [5.74, 6) is 1.56. The van der Waals surface area contributed by atoms with E-state index in [1.165, 1.54) is 12.1 Å². The molecule has 0 radical (unpaired) electrons. The van der Waals surface area contributed by atoms with Crippen molar-refractivity contribution in [3.05, 3.63) is 63.6 Å². The first-order chi connectivity index (χ1) is 13.0. The van der Waals surface area contributed by atoms with Crippen LogP contribution in [0.1, 0.15) is 12.3 Å². The molecule has 0 aliphatic heterocycles. The second kappa shape index (κ2) is 8.65. The lowest BCUT2D eigenvalue weighted by molar-refractivity contribution is -0.116. The van der Waals surface area contributed by atoms with Gasteiger partial charge in [0, 0.05) is 18.4 Å². The monoisotopic (exact) mass is 424 g/mol. The zero-order valence-electron chi connectivity index (χ0n) is 14.3. The Balaban J connectivity index is 1.61. The molecule has 1 amide bonds. The average Bonchev–Trinajstić information content (AvgIpc) is 3.13. The van der Waals surface area contributed by atoms with Crippen molar-refractivity contribution < 1.29 is 13.9 Å². The highest BCUT2D eigenvalue weighted by molar-refractivity contribution is 6.44. The minimum absolute atomic E-state index is 0.175. The third-order valence-corrected chi connectivity index (χ3v) is 4.79. The number of aryl methyl sites for hydroxylation is 1. The van der Waals surface area contributed by atoms with Gasteiger partial charge in [0.15, 0.2) is 11.7 Å². The van der Waals surface area contributed by atoms with Crippen molar-refractivity contribution in [2.75, 3.05) is 12.4 Å². The van der Waals surface area contributed by atoms with Crippen LogP contribution in [0.3, 0.4) is 0 Å². The quantitative estimate of drug-likeness (QED) is 0.501. The summed E-state index contributed by atoms with van der Waals surface area (Å²) < 4.78 is 10.9. The molecule has 1 aromatic heterocycles. The summed E-state index contributed by atoms with van der Waals surface area (Å²) in [6.45, 7) is 0. The van der Waals surface area contributed by atoms with Crippen molar-refractivity contribution in [3.8, 4) is 17.1 Å². The van der Waals surface area contributed by atoms with Crippen molar-refractivity contribution in [2.45, 2.75) is 12.8 Å². The van der Waals surface area contributed by atoms with Crippen LogP contribution in [-0.4, -0.2) is 18.0 Å². The molecular weight excluding hydrogens is 411 g/mol. The molecule has 0 saturated heterocycles. The predicted molar refractivity (Wildman–Crippen MR) is 107 cm³/mol. The van der Waals surface area contributed by atoms with Crippen LogP contribution >= 0.6 is 34.8 Å². The van der Waals surface area contributed by atoms with Gasteiger partial charge in [-0.25, -0.2) is 4.98 Å². The highest BCUT2D eigenvalue weighted by Gasteiger charge is 2.12. The molecule has 1 N–H and O–H groups in total. The zero-order valence-corrected chi connectivity index (χ0v) is 16.5. The maximum atomic E-state index is 12.2. The third kappa shape index (κ3) is 4.95. The fourth-order valence-corrected chi connectivity index (χ4v) is 2.98. The van der Waals surface area contributed by atoms with Gasteiger partial charge in [-0.2, -0.15) is 0 Å². The normalized spacial score (nSPS) is 10.7. The van der Waals surface area contributed by atoms with Gasteiger partial charge >= 0.3 is 0 Å². The fraction of sp³-hybridized carbons (Fsp3) is 0.158. The van der Waals surface area contributed by atoms with E-state index >= 15 is 0 Å². The number of carbonyl (C=O) groups is 1. The largest absolute Gasteiger partial charge is 0.497 e. The van der Waals surface area contributed by atoms with Crippen LogP contribution in [-0.2, 0) is 11.2 Å². The summed E-state index contributed by atoms with van der Waals surface area (Å²) in [6.07, 6.45) is 2.14. The smallest absolute Gasteiger partial charge is 0.224 e. The van der Waals surface area contributed by atoms with Crippen LogP contribution in [0, 0.1) is 0 Å². The molecular formula is C19H15Cl3N2O3. The number of rotatable bonds is 6. The Morgan fingerprint density at radius 1 is 1.15 bits per heavy atom. The Kier molecular flexibility index (Phi) is 6.26. The molecule has 0 unspecified atom stereocenters. The summed E-state index contributed by atoms with van der Waals surface area (Å²) in [4.78, 5) is 16.4. The first-order valence-corrected chi connectivity index (χ1v) is 9.13. The fourth-order valence-electron chi connectivity index (χ4n) is 2.39. The number of benzene rings is 2. The summed E-state index contributed by atoms with van der Waals surface area (Å²) in [6, 6.07) is 10.4. The molecule has 0 saturated carbocycles. The average molecular weight is 426 g/mol. The number of aromatic nitrogens is 1. The van der Waals surface area contributed by atoms with Gasteiger partial charge in [-0.15, -0.1) is 0 Å². The number of oxazole rings is 1. The Hall–Kier alpha value is -2.21.